The Morgan fingerprint density at radius 3 is 2.40 bits per heavy atom. The third-order valence-electron chi connectivity index (χ3n) is 4.88. The molecule has 2 saturated heterocycles. The van der Waals surface area contributed by atoms with Crippen LogP contribution in [-0.4, -0.2) is 30.1 Å². The SMILES string of the molecule is CN(Cc1ccc(C(C)(C)C)s1)C1CC2CCC(C1)N2. The Balaban J connectivity index is 1.61. The van der Waals surface area contributed by atoms with Gasteiger partial charge in [-0.15, -0.1) is 11.3 Å². The average molecular weight is 292 g/mol. The van der Waals surface area contributed by atoms with Crippen LogP contribution >= 0.6 is 11.3 Å². The fraction of sp³-hybridized carbons (Fsp3) is 0.765. The van der Waals surface area contributed by atoms with E-state index in [4.69, 9.17) is 0 Å². The van der Waals surface area contributed by atoms with Gasteiger partial charge >= 0.3 is 0 Å². The molecule has 0 radical (unpaired) electrons. The van der Waals surface area contributed by atoms with Crippen molar-refractivity contribution in [2.75, 3.05) is 7.05 Å². The van der Waals surface area contributed by atoms with Crippen LogP contribution in [0.25, 0.3) is 0 Å². The number of piperidine rings is 1. The molecule has 3 heteroatoms. The summed E-state index contributed by atoms with van der Waals surface area (Å²) in [7, 11) is 2.31. The molecule has 1 aromatic rings. The summed E-state index contributed by atoms with van der Waals surface area (Å²) in [5.74, 6) is 0. The van der Waals surface area contributed by atoms with Crippen molar-refractivity contribution in [1.82, 2.24) is 10.2 Å². The summed E-state index contributed by atoms with van der Waals surface area (Å²) in [6.45, 7) is 8.02. The summed E-state index contributed by atoms with van der Waals surface area (Å²) >= 11 is 1.99. The van der Waals surface area contributed by atoms with Gasteiger partial charge in [0, 0.05) is 34.4 Å². The van der Waals surface area contributed by atoms with Crippen LogP contribution in [0.15, 0.2) is 12.1 Å². The third kappa shape index (κ3) is 3.10. The van der Waals surface area contributed by atoms with E-state index < -0.39 is 0 Å². The van der Waals surface area contributed by atoms with E-state index in [1.165, 1.54) is 35.4 Å². The summed E-state index contributed by atoms with van der Waals surface area (Å²) in [4.78, 5) is 5.61. The number of hydrogen-bond donors (Lipinski definition) is 1. The van der Waals surface area contributed by atoms with Gasteiger partial charge in [-0.3, -0.25) is 4.90 Å². The molecule has 2 atom stereocenters. The summed E-state index contributed by atoms with van der Waals surface area (Å²) in [6, 6.07) is 7.00. The maximum atomic E-state index is 3.74. The van der Waals surface area contributed by atoms with Gasteiger partial charge in [0.2, 0.25) is 0 Å². The monoisotopic (exact) mass is 292 g/mol. The molecular weight excluding hydrogens is 264 g/mol. The normalized spacial score (nSPS) is 30.1. The lowest BCUT2D eigenvalue weighted by Gasteiger charge is -2.35. The Morgan fingerprint density at radius 2 is 1.85 bits per heavy atom. The molecule has 0 aromatic carbocycles. The lowest BCUT2D eigenvalue weighted by molar-refractivity contribution is 0.167. The molecule has 0 amide bonds. The number of nitrogens with one attached hydrogen (secondary N) is 1. The van der Waals surface area contributed by atoms with E-state index in [1.54, 1.807) is 0 Å². The number of thiophene rings is 1. The smallest absolute Gasteiger partial charge is 0.0327 e. The van der Waals surface area contributed by atoms with Crippen molar-refractivity contribution in [3.63, 3.8) is 0 Å². The standard InChI is InChI=1S/C17H28N2S/c1-17(2,3)16-8-7-15(20-16)11-19(4)14-9-12-5-6-13(10-14)18-12/h7-8,12-14,18H,5-6,9-11H2,1-4H3. The van der Waals surface area contributed by atoms with E-state index in [0.717, 1.165) is 24.7 Å². The fourth-order valence-corrected chi connectivity index (χ4v) is 4.76. The van der Waals surface area contributed by atoms with Gasteiger partial charge in [0.05, 0.1) is 0 Å². The highest BCUT2D eigenvalue weighted by Gasteiger charge is 2.35. The third-order valence-corrected chi connectivity index (χ3v) is 6.37. The van der Waals surface area contributed by atoms with Crippen molar-refractivity contribution in [3.05, 3.63) is 21.9 Å². The van der Waals surface area contributed by atoms with Crippen LogP contribution in [0, 0.1) is 0 Å². The molecule has 2 aliphatic rings. The fourth-order valence-electron chi connectivity index (χ4n) is 3.63. The molecule has 1 aromatic heterocycles. The first-order valence-electron chi connectivity index (χ1n) is 7.97. The topological polar surface area (TPSA) is 15.3 Å². The molecule has 3 heterocycles. The van der Waals surface area contributed by atoms with Gasteiger partial charge in [-0.25, -0.2) is 0 Å². The molecule has 2 bridgehead atoms. The maximum Gasteiger partial charge on any atom is 0.0327 e. The van der Waals surface area contributed by atoms with Gasteiger partial charge in [-0.1, -0.05) is 20.8 Å². The van der Waals surface area contributed by atoms with Gasteiger partial charge in [0.15, 0.2) is 0 Å². The largest absolute Gasteiger partial charge is 0.311 e. The van der Waals surface area contributed by atoms with Gasteiger partial charge in [-0.2, -0.15) is 0 Å². The number of rotatable bonds is 3. The molecule has 2 aliphatic heterocycles. The van der Waals surface area contributed by atoms with Gasteiger partial charge in [0.1, 0.15) is 0 Å². The molecule has 2 fully saturated rings. The Labute approximate surface area is 127 Å². The molecule has 112 valence electrons. The van der Waals surface area contributed by atoms with Crippen LogP contribution in [0.5, 0.6) is 0 Å². The van der Waals surface area contributed by atoms with Crippen LogP contribution < -0.4 is 5.32 Å². The summed E-state index contributed by atoms with van der Waals surface area (Å²) in [5, 5.41) is 3.74. The predicted molar refractivity (Wildman–Crippen MR) is 87.5 cm³/mol. The molecule has 0 saturated carbocycles. The first-order valence-corrected chi connectivity index (χ1v) is 8.79. The molecule has 20 heavy (non-hydrogen) atoms. The highest BCUT2D eigenvalue weighted by Crippen LogP contribution is 2.32. The van der Waals surface area contributed by atoms with E-state index in [2.05, 4.69) is 50.2 Å². The minimum Gasteiger partial charge on any atom is -0.311 e. The van der Waals surface area contributed by atoms with Crippen LogP contribution in [-0.2, 0) is 12.0 Å². The molecule has 1 N–H and O–H groups in total. The van der Waals surface area contributed by atoms with E-state index >= 15 is 0 Å². The van der Waals surface area contributed by atoms with Gasteiger partial charge in [0.25, 0.3) is 0 Å². The van der Waals surface area contributed by atoms with Crippen LogP contribution in [0.4, 0.5) is 0 Å². The van der Waals surface area contributed by atoms with E-state index in [0.29, 0.717) is 0 Å². The second kappa shape index (κ2) is 5.43. The minimum absolute atomic E-state index is 0.287. The van der Waals surface area contributed by atoms with Crippen molar-refractivity contribution in [1.29, 1.82) is 0 Å². The zero-order chi connectivity index (χ0) is 14.3. The van der Waals surface area contributed by atoms with Crippen molar-refractivity contribution >= 4 is 11.3 Å². The number of hydrogen-bond acceptors (Lipinski definition) is 3. The zero-order valence-electron chi connectivity index (χ0n) is 13.3. The van der Waals surface area contributed by atoms with Crippen LogP contribution in [0.3, 0.4) is 0 Å². The van der Waals surface area contributed by atoms with Crippen molar-refractivity contribution in [2.45, 2.75) is 76.5 Å². The Bertz CT molecular complexity index is 448. The van der Waals surface area contributed by atoms with E-state index in [1.807, 2.05) is 11.3 Å². The number of nitrogens with zero attached hydrogens (tertiary/aromatic N) is 1. The highest BCUT2D eigenvalue weighted by atomic mass is 32.1. The minimum atomic E-state index is 0.287. The summed E-state index contributed by atoms with van der Waals surface area (Å²) < 4.78 is 0. The zero-order valence-corrected chi connectivity index (χ0v) is 14.1. The van der Waals surface area contributed by atoms with Gasteiger partial charge in [-0.05, 0) is 50.3 Å². The van der Waals surface area contributed by atoms with Crippen molar-refractivity contribution in [3.8, 4) is 0 Å². The second-order valence-electron chi connectivity index (χ2n) is 7.69. The van der Waals surface area contributed by atoms with Crippen LogP contribution in [0.2, 0.25) is 0 Å². The van der Waals surface area contributed by atoms with E-state index in [-0.39, 0.29) is 5.41 Å². The van der Waals surface area contributed by atoms with Crippen LogP contribution in [0.1, 0.15) is 56.2 Å². The molecule has 0 spiro atoms. The van der Waals surface area contributed by atoms with Gasteiger partial charge < -0.3 is 5.32 Å². The Kier molecular flexibility index (Phi) is 3.95. The Hall–Kier alpha value is -0.380. The molecule has 0 aliphatic carbocycles. The molecule has 2 nitrogen and oxygen atoms in total. The summed E-state index contributed by atoms with van der Waals surface area (Å²) in [6.07, 6.45) is 5.46. The summed E-state index contributed by atoms with van der Waals surface area (Å²) in [5.41, 5.74) is 0.287. The first kappa shape index (κ1) is 14.6. The first-order chi connectivity index (χ1) is 9.41. The van der Waals surface area contributed by atoms with Crippen molar-refractivity contribution < 1.29 is 0 Å². The molecule has 3 rings (SSSR count). The van der Waals surface area contributed by atoms with Crippen molar-refractivity contribution in [2.24, 2.45) is 0 Å². The number of fused-ring (bicyclic) bond motifs is 2. The quantitative estimate of drug-likeness (QED) is 0.912. The second-order valence-corrected chi connectivity index (χ2v) is 8.86. The predicted octanol–water partition coefficient (Wildman–Crippen LogP) is 3.76. The lowest BCUT2D eigenvalue weighted by atomic mass is 9.95. The Morgan fingerprint density at radius 1 is 1.20 bits per heavy atom. The maximum absolute atomic E-state index is 3.74. The molecule has 2 unspecified atom stereocenters. The molecular formula is C17H28N2S. The average Bonchev–Trinajstić information content (AvgIpc) is 2.96. The van der Waals surface area contributed by atoms with E-state index in [9.17, 15) is 0 Å². The lowest BCUT2D eigenvalue weighted by Crippen LogP contribution is -2.46. The highest BCUT2D eigenvalue weighted by molar-refractivity contribution is 7.12.